The number of amides is 1. The number of carbonyl (C=O) groups excluding carboxylic acids is 1. The molecule has 0 bridgehead atoms. The molecule has 1 heterocycles. The van der Waals surface area contributed by atoms with Gasteiger partial charge in [0.15, 0.2) is 0 Å². The lowest BCUT2D eigenvalue weighted by molar-refractivity contribution is -0.133. The molecule has 1 fully saturated rings. The summed E-state index contributed by atoms with van der Waals surface area (Å²) in [4.78, 5) is 13.7. The first-order valence-electron chi connectivity index (χ1n) is 6.87. The molecular formula is C15H22N2O2. The number of likely N-dealkylation sites (tertiary alicyclic amines) is 1. The lowest BCUT2D eigenvalue weighted by Crippen LogP contribution is -2.63. The van der Waals surface area contributed by atoms with Crippen molar-refractivity contribution in [1.82, 2.24) is 10.2 Å². The van der Waals surface area contributed by atoms with E-state index in [1.54, 1.807) is 0 Å². The topological polar surface area (TPSA) is 52.6 Å². The van der Waals surface area contributed by atoms with Crippen LogP contribution in [0.4, 0.5) is 0 Å². The molecule has 0 aromatic heterocycles. The van der Waals surface area contributed by atoms with Crippen molar-refractivity contribution in [2.75, 3.05) is 19.6 Å². The summed E-state index contributed by atoms with van der Waals surface area (Å²) in [6, 6.07) is 9.86. The fraction of sp³-hybridized carbons (Fsp3) is 0.533. The van der Waals surface area contributed by atoms with Gasteiger partial charge >= 0.3 is 0 Å². The van der Waals surface area contributed by atoms with Crippen molar-refractivity contribution in [2.45, 2.75) is 31.9 Å². The Morgan fingerprint density at radius 3 is 2.68 bits per heavy atom. The number of aliphatic hydroxyl groups is 1. The summed E-state index contributed by atoms with van der Waals surface area (Å²) in [6.07, 6.45) is 1.79. The molecule has 0 radical (unpaired) electrons. The normalized spacial score (nSPS) is 17.8. The molecular weight excluding hydrogens is 240 g/mol. The lowest BCUT2D eigenvalue weighted by atomic mass is 9.89. The lowest BCUT2D eigenvalue weighted by Gasteiger charge is -2.46. The summed E-state index contributed by atoms with van der Waals surface area (Å²) in [5.74, 6) is 0.0161. The van der Waals surface area contributed by atoms with Crippen LogP contribution in [0, 0.1) is 0 Å². The number of nitrogens with zero attached hydrogens (tertiary/aromatic N) is 1. The third kappa shape index (κ3) is 4.04. The highest BCUT2D eigenvalue weighted by atomic mass is 16.3. The number of nitrogens with one attached hydrogen (secondary N) is 1. The largest absolute Gasteiger partial charge is 0.387 e. The first-order valence-corrected chi connectivity index (χ1v) is 6.87. The third-order valence-corrected chi connectivity index (χ3v) is 3.45. The van der Waals surface area contributed by atoms with Gasteiger partial charge in [0.05, 0.1) is 12.1 Å². The van der Waals surface area contributed by atoms with Gasteiger partial charge < -0.3 is 10.4 Å². The minimum atomic E-state index is -0.561. The Morgan fingerprint density at radius 1 is 1.37 bits per heavy atom. The molecule has 0 spiro atoms. The van der Waals surface area contributed by atoms with Crippen molar-refractivity contribution in [3.63, 3.8) is 0 Å². The minimum Gasteiger partial charge on any atom is -0.387 e. The standard InChI is InChI=1S/C15H22N2O2/c1-2-8-15(19)11-17(12-15)10-14(18)16-9-13-6-4-3-5-7-13/h3-7,19H,2,8-12H2,1H3,(H,16,18). The molecule has 1 aromatic carbocycles. The summed E-state index contributed by atoms with van der Waals surface area (Å²) >= 11 is 0. The van der Waals surface area contributed by atoms with Gasteiger partial charge in [-0.05, 0) is 12.0 Å². The molecule has 2 N–H and O–H groups in total. The highest BCUT2D eigenvalue weighted by Gasteiger charge is 2.40. The molecule has 0 saturated carbocycles. The molecule has 0 atom stereocenters. The third-order valence-electron chi connectivity index (χ3n) is 3.45. The van der Waals surface area contributed by atoms with Gasteiger partial charge in [-0.3, -0.25) is 9.69 Å². The van der Waals surface area contributed by atoms with Crippen LogP contribution in [0.2, 0.25) is 0 Å². The zero-order valence-electron chi connectivity index (χ0n) is 11.4. The van der Waals surface area contributed by atoms with Gasteiger partial charge in [0.25, 0.3) is 0 Å². The zero-order valence-corrected chi connectivity index (χ0v) is 11.4. The van der Waals surface area contributed by atoms with Crippen molar-refractivity contribution in [2.24, 2.45) is 0 Å². The SMILES string of the molecule is CCCC1(O)CN(CC(=O)NCc2ccccc2)C1. The number of hydrogen-bond acceptors (Lipinski definition) is 3. The molecule has 1 aliphatic rings. The molecule has 19 heavy (non-hydrogen) atoms. The van der Waals surface area contributed by atoms with E-state index in [2.05, 4.69) is 12.2 Å². The average Bonchev–Trinajstić information content (AvgIpc) is 2.36. The summed E-state index contributed by atoms with van der Waals surface area (Å²) in [6.45, 7) is 4.22. The van der Waals surface area contributed by atoms with Crippen LogP contribution in [-0.2, 0) is 11.3 Å². The maximum Gasteiger partial charge on any atom is 0.234 e. The van der Waals surface area contributed by atoms with Crippen molar-refractivity contribution in [3.8, 4) is 0 Å². The van der Waals surface area contributed by atoms with Gasteiger partial charge in [-0.1, -0.05) is 43.7 Å². The Bertz CT molecular complexity index is 413. The van der Waals surface area contributed by atoms with Crippen LogP contribution in [-0.4, -0.2) is 41.1 Å². The predicted molar refractivity (Wildman–Crippen MR) is 74.6 cm³/mol. The molecule has 1 amide bonds. The minimum absolute atomic E-state index is 0.0161. The van der Waals surface area contributed by atoms with Gasteiger partial charge in [-0.2, -0.15) is 0 Å². The Balaban J connectivity index is 1.66. The molecule has 4 nitrogen and oxygen atoms in total. The highest BCUT2D eigenvalue weighted by molar-refractivity contribution is 5.78. The van der Waals surface area contributed by atoms with E-state index in [4.69, 9.17) is 0 Å². The Morgan fingerprint density at radius 2 is 2.05 bits per heavy atom. The summed E-state index contributed by atoms with van der Waals surface area (Å²) < 4.78 is 0. The van der Waals surface area contributed by atoms with Gasteiger partial charge in [-0.15, -0.1) is 0 Å². The number of hydrogen-bond donors (Lipinski definition) is 2. The molecule has 0 aliphatic carbocycles. The highest BCUT2D eigenvalue weighted by Crippen LogP contribution is 2.24. The van der Waals surface area contributed by atoms with Crippen LogP contribution < -0.4 is 5.32 Å². The number of rotatable bonds is 6. The quantitative estimate of drug-likeness (QED) is 0.808. The van der Waals surface area contributed by atoms with Crippen LogP contribution in [0.15, 0.2) is 30.3 Å². The van der Waals surface area contributed by atoms with Crippen molar-refractivity contribution < 1.29 is 9.90 Å². The summed E-state index contributed by atoms with van der Waals surface area (Å²) in [7, 11) is 0. The van der Waals surface area contributed by atoms with Crippen molar-refractivity contribution in [1.29, 1.82) is 0 Å². The van der Waals surface area contributed by atoms with E-state index in [1.165, 1.54) is 0 Å². The number of carbonyl (C=O) groups is 1. The molecule has 1 aliphatic heterocycles. The van der Waals surface area contributed by atoms with Crippen LogP contribution >= 0.6 is 0 Å². The van der Waals surface area contributed by atoms with Gasteiger partial charge in [-0.25, -0.2) is 0 Å². The fourth-order valence-corrected chi connectivity index (χ4v) is 2.58. The zero-order chi connectivity index (χ0) is 13.7. The predicted octanol–water partition coefficient (Wildman–Crippen LogP) is 1.15. The van der Waals surface area contributed by atoms with E-state index < -0.39 is 5.60 Å². The van der Waals surface area contributed by atoms with Crippen molar-refractivity contribution in [3.05, 3.63) is 35.9 Å². The Hall–Kier alpha value is -1.39. The van der Waals surface area contributed by atoms with E-state index in [1.807, 2.05) is 35.2 Å². The van der Waals surface area contributed by atoms with E-state index >= 15 is 0 Å². The smallest absolute Gasteiger partial charge is 0.234 e. The molecule has 4 heteroatoms. The van der Waals surface area contributed by atoms with E-state index in [0.717, 1.165) is 18.4 Å². The van der Waals surface area contributed by atoms with Gasteiger partial charge in [0.2, 0.25) is 5.91 Å². The maximum atomic E-state index is 11.8. The van der Waals surface area contributed by atoms with Crippen LogP contribution in [0.5, 0.6) is 0 Å². The molecule has 0 unspecified atom stereocenters. The second-order valence-electron chi connectivity index (χ2n) is 5.38. The first-order chi connectivity index (χ1) is 9.11. The molecule has 1 saturated heterocycles. The second-order valence-corrected chi connectivity index (χ2v) is 5.38. The Kier molecular flexibility index (Phi) is 4.56. The van der Waals surface area contributed by atoms with Crippen molar-refractivity contribution >= 4 is 5.91 Å². The first kappa shape index (κ1) is 14.0. The van der Waals surface area contributed by atoms with Gasteiger partial charge in [0.1, 0.15) is 0 Å². The van der Waals surface area contributed by atoms with E-state index in [0.29, 0.717) is 26.2 Å². The van der Waals surface area contributed by atoms with Gasteiger partial charge in [0, 0.05) is 19.6 Å². The second kappa shape index (κ2) is 6.17. The molecule has 104 valence electrons. The monoisotopic (exact) mass is 262 g/mol. The van der Waals surface area contributed by atoms with Crippen LogP contribution in [0.25, 0.3) is 0 Å². The maximum absolute atomic E-state index is 11.8. The van der Waals surface area contributed by atoms with Crippen LogP contribution in [0.1, 0.15) is 25.3 Å². The summed E-state index contributed by atoms with van der Waals surface area (Å²) in [5.41, 5.74) is 0.538. The van der Waals surface area contributed by atoms with E-state index in [9.17, 15) is 9.90 Å². The van der Waals surface area contributed by atoms with Crippen LogP contribution in [0.3, 0.4) is 0 Å². The Labute approximate surface area is 114 Å². The molecule has 2 rings (SSSR count). The number of benzene rings is 1. The molecule has 1 aromatic rings. The average molecular weight is 262 g/mol. The fourth-order valence-electron chi connectivity index (χ4n) is 2.58. The van der Waals surface area contributed by atoms with E-state index in [-0.39, 0.29) is 5.91 Å². The number of β-amino-alcohol motifs (C(OH)–C–C–N with tert-alkyl or cyclic N) is 1. The summed E-state index contributed by atoms with van der Waals surface area (Å²) in [5, 5.41) is 12.9.